The minimum absolute atomic E-state index is 0.0533. The number of nitrogens with zero attached hydrogens (tertiary/aromatic N) is 1. The van der Waals surface area contributed by atoms with Crippen LogP contribution in [0.3, 0.4) is 0 Å². The molecule has 0 aromatic heterocycles. The topological polar surface area (TPSA) is 84.9 Å². The fraction of sp³-hybridized carbons (Fsp3) is 0.188. The fourth-order valence-electron chi connectivity index (χ4n) is 2.34. The maximum absolute atomic E-state index is 13.2. The van der Waals surface area contributed by atoms with Crippen LogP contribution in [0.5, 0.6) is 11.5 Å². The number of ether oxygens (including phenoxy) is 2. The highest BCUT2D eigenvalue weighted by Crippen LogP contribution is 2.36. The Hall–Kier alpha value is -2.81. The highest BCUT2D eigenvalue weighted by Gasteiger charge is 2.23. The normalized spacial score (nSPS) is 12.7. The van der Waals surface area contributed by atoms with Crippen LogP contribution in [0.1, 0.15) is 0 Å². The van der Waals surface area contributed by atoms with Crippen molar-refractivity contribution >= 4 is 27.3 Å². The van der Waals surface area contributed by atoms with Crippen LogP contribution in [0, 0.1) is 5.82 Å². The van der Waals surface area contributed by atoms with Gasteiger partial charge in [-0.05, 0) is 30.3 Å². The van der Waals surface area contributed by atoms with E-state index in [0.29, 0.717) is 11.5 Å². The van der Waals surface area contributed by atoms with Crippen LogP contribution < -0.4 is 19.1 Å². The third-order valence-corrected chi connectivity index (χ3v) is 4.58. The van der Waals surface area contributed by atoms with Gasteiger partial charge in [0.25, 0.3) is 0 Å². The number of sulfonamides is 1. The van der Waals surface area contributed by atoms with Crippen molar-refractivity contribution in [2.45, 2.75) is 0 Å². The van der Waals surface area contributed by atoms with Gasteiger partial charge in [0.15, 0.2) is 11.5 Å². The first-order valence-corrected chi connectivity index (χ1v) is 9.10. The quantitative estimate of drug-likeness (QED) is 0.874. The maximum Gasteiger partial charge on any atom is 0.245 e. The van der Waals surface area contributed by atoms with Gasteiger partial charge >= 0.3 is 0 Å². The summed E-state index contributed by atoms with van der Waals surface area (Å²) in [5.74, 6) is -0.208. The molecule has 1 N–H and O–H groups in total. The Morgan fingerprint density at radius 1 is 1.20 bits per heavy atom. The van der Waals surface area contributed by atoms with E-state index < -0.39 is 28.3 Å². The zero-order chi connectivity index (χ0) is 18.0. The molecule has 1 heterocycles. The molecule has 0 radical (unpaired) electrons. The van der Waals surface area contributed by atoms with Crippen molar-refractivity contribution in [3.8, 4) is 11.5 Å². The zero-order valence-electron chi connectivity index (χ0n) is 13.2. The van der Waals surface area contributed by atoms with Crippen LogP contribution in [-0.4, -0.2) is 33.9 Å². The van der Waals surface area contributed by atoms with Crippen LogP contribution >= 0.6 is 0 Å². The van der Waals surface area contributed by atoms with E-state index in [1.807, 2.05) is 0 Å². The van der Waals surface area contributed by atoms with Crippen molar-refractivity contribution in [2.24, 2.45) is 0 Å². The summed E-state index contributed by atoms with van der Waals surface area (Å²) in [6.07, 6.45) is 0.993. The van der Waals surface area contributed by atoms with Gasteiger partial charge < -0.3 is 14.8 Å². The number of hydrogen-bond donors (Lipinski definition) is 1. The highest BCUT2D eigenvalue weighted by molar-refractivity contribution is 7.92. The second kappa shape index (κ2) is 6.60. The first-order chi connectivity index (χ1) is 11.8. The van der Waals surface area contributed by atoms with E-state index in [1.165, 1.54) is 30.3 Å². The van der Waals surface area contributed by atoms with Gasteiger partial charge in [-0.15, -0.1) is 0 Å². The third-order valence-electron chi connectivity index (χ3n) is 3.44. The van der Waals surface area contributed by atoms with Crippen LogP contribution in [0.2, 0.25) is 0 Å². The molecule has 7 nitrogen and oxygen atoms in total. The molecule has 0 saturated carbocycles. The minimum atomic E-state index is -3.73. The van der Waals surface area contributed by atoms with Crippen LogP contribution in [0.4, 0.5) is 15.8 Å². The van der Waals surface area contributed by atoms with Gasteiger partial charge in [0.05, 0.1) is 11.9 Å². The van der Waals surface area contributed by atoms with Crippen LogP contribution in [0.15, 0.2) is 42.5 Å². The fourth-order valence-corrected chi connectivity index (χ4v) is 3.19. The summed E-state index contributed by atoms with van der Waals surface area (Å²) in [4.78, 5) is 12.2. The molecule has 0 fully saturated rings. The first-order valence-electron chi connectivity index (χ1n) is 7.26. The van der Waals surface area contributed by atoms with Crippen molar-refractivity contribution in [1.82, 2.24) is 0 Å². The molecule has 0 atom stereocenters. The van der Waals surface area contributed by atoms with Crippen LogP contribution in [-0.2, 0) is 14.8 Å². The molecular weight excluding hydrogens is 351 g/mol. The second-order valence-electron chi connectivity index (χ2n) is 5.37. The van der Waals surface area contributed by atoms with E-state index in [2.05, 4.69) is 5.32 Å². The summed E-state index contributed by atoms with van der Waals surface area (Å²) in [6, 6.07) is 9.90. The number of anilines is 2. The Kier molecular flexibility index (Phi) is 4.49. The zero-order valence-corrected chi connectivity index (χ0v) is 14.0. The van der Waals surface area contributed by atoms with Gasteiger partial charge in [-0.3, -0.25) is 9.10 Å². The summed E-state index contributed by atoms with van der Waals surface area (Å²) in [6.45, 7) is -0.410. The van der Waals surface area contributed by atoms with E-state index in [9.17, 15) is 17.6 Å². The number of hydrogen-bond acceptors (Lipinski definition) is 5. The molecule has 1 amide bonds. The molecule has 0 unspecified atom stereocenters. The largest absolute Gasteiger partial charge is 0.454 e. The molecule has 132 valence electrons. The summed E-state index contributed by atoms with van der Waals surface area (Å²) >= 11 is 0. The number of carbonyl (C=O) groups excluding carboxylic acids is 1. The molecular formula is C16H15FN2O5S. The van der Waals surface area contributed by atoms with Crippen molar-refractivity contribution < 1.29 is 27.1 Å². The average molecular weight is 366 g/mol. The number of rotatable bonds is 5. The molecule has 0 bridgehead atoms. The van der Waals surface area contributed by atoms with Crippen LogP contribution in [0.25, 0.3) is 0 Å². The summed E-state index contributed by atoms with van der Waals surface area (Å²) in [5.41, 5.74) is 0.505. The number of carbonyl (C=O) groups is 1. The molecule has 0 aliphatic carbocycles. The molecule has 9 heteroatoms. The maximum atomic E-state index is 13.2. The molecule has 0 spiro atoms. The smallest absolute Gasteiger partial charge is 0.245 e. The van der Waals surface area contributed by atoms with Crippen molar-refractivity contribution in [3.05, 3.63) is 48.3 Å². The average Bonchev–Trinajstić information content (AvgIpc) is 2.99. The molecule has 1 aliphatic rings. The Labute approximate surface area is 144 Å². The molecule has 0 saturated heterocycles. The lowest BCUT2D eigenvalue weighted by Crippen LogP contribution is -2.37. The Bertz CT molecular complexity index is 916. The van der Waals surface area contributed by atoms with Gasteiger partial charge in [-0.2, -0.15) is 0 Å². The monoisotopic (exact) mass is 366 g/mol. The number of amides is 1. The first kappa shape index (κ1) is 17.0. The van der Waals surface area contributed by atoms with Gasteiger partial charge in [0.2, 0.25) is 22.7 Å². The Balaban J connectivity index is 1.81. The highest BCUT2D eigenvalue weighted by atomic mass is 32.2. The molecule has 25 heavy (non-hydrogen) atoms. The lowest BCUT2D eigenvalue weighted by atomic mass is 10.2. The van der Waals surface area contributed by atoms with Gasteiger partial charge in [0.1, 0.15) is 12.4 Å². The Morgan fingerprint density at radius 3 is 2.68 bits per heavy atom. The number of fused-ring (bicyclic) bond motifs is 1. The van der Waals surface area contributed by atoms with E-state index in [4.69, 9.17) is 9.47 Å². The van der Waals surface area contributed by atoms with Crippen molar-refractivity contribution in [1.29, 1.82) is 0 Å². The van der Waals surface area contributed by atoms with Crippen molar-refractivity contribution in [3.63, 3.8) is 0 Å². The lowest BCUT2D eigenvalue weighted by molar-refractivity contribution is -0.114. The summed E-state index contributed by atoms with van der Waals surface area (Å²) < 4.78 is 48.7. The molecule has 1 aliphatic heterocycles. The van der Waals surface area contributed by atoms with Gasteiger partial charge in [-0.1, -0.05) is 6.07 Å². The standard InChI is InChI=1S/C16H15FN2O5S/c1-25(21,22)19(13-5-6-14-15(8-13)24-10-23-14)9-16(20)18-12-4-2-3-11(17)7-12/h2-8H,9-10H2,1H3,(H,18,20). The van der Waals surface area contributed by atoms with E-state index in [0.717, 1.165) is 16.6 Å². The van der Waals surface area contributed by atoms with Gasteiger partial charge in [-0.25, -0.2) is 12.8 Å². The number of benzene rings is 2. The molecule has 2 aromatic carbocycles. The summed E-state index contributed by atoms with van der Waals surface area (Å²) in [7, 11) is -3.73. The predicted octanol–water partition coefficient (Wildman–Crippen LogP) is 1.96. The molecule has 3 rings (SSSR count). The Morgan fingerprint density at radius 2 is 1.96 bits per heavy atom. The SMILES string of the molecule is CS(=O)(=O)N(CC(=O)Nc1cccc(F)c1)c1ccc2c(c1)OCO2. The minimum Gasteiger partial charge on any atom is -0.454 e. The van der Waals surface area contributed by atoms with Crippen molar-refractivity contribution in [2.75, 3.05) is 29.2 Å². The second-order valence-corrected chi connectivity index (χ2v) is 7.27. The lowest BCUT2D eigenvalue weighted by Gasteiger charge is -2.22. The van der Waals surface area contributed by atoms with E-state index >= 15 is 0 Å². The number of halogens is 1. The molecule has 2 aromatic rings. The van der Waals surface area contributed by atoms with Gasteiger partial charge in [0, 0.05) is 11.8 Å². The van der Waals surface area contributed by atoms with E-state index in [1.54, 1.807) is 6.07 Å². The number of nitrogens with one attached hydrogen (secondary N) is 1. The third kappa shape index (κ3) is 4.00. The summed E-state index contributed by atoms with van der Waals surface area (Å²) in [5, 5.41) is 2.47. The predicted molar refractivity (Wildman–Crippen MR) is 89.8 cm³/mol. The van der Waals surface area contributed by atoms with E-state index in [-0.39, 0.29) is 18.2 Å².